The molecule has 0 unspecified atom stereocenters. The normalized spacial score (nSPS) is 24.8. The summed E-state index contributed by atoms with van der Waals surface area (Å²) in [5.74, 6) is -1.49. The van der Waals surface area contributed by atoms with Crippen LogP contribution in [0.4, 0.5) is 4.39 Å². The zero-order valence-corrected chi connectivity index (χ0v) is 20.3. The molecule has 9 nitrogen and oxygen atoms in total. The molecule has 4 aliphatic heterocycles. The third kappa shape index (κ3) is 3.98. The number of benzene rings is 1. The monoisotopic (exact) mass is 504 g/mol. The van der Waals surface area contributed by atoms with Gasteiger partial charge in [0.05, 0.1) is 30.7 Å². The van der Waals surface area contributed by atoms with Gasteiger partial charge in [0.25, 0.3) is 5.91 Å². The van der Waals surface area contributed by atoms with Gasteiger partial charge in [-0.2, -0.15) is 5.10 Å². The predicted molar refractivity (Wildman–Crippen MR) is 124 cm³/mol. The quantitative estimate of drug-likeness (QED) is 0.630. The maximum absolute atomic E-state index is 14.8. The summed E-state index contributed by atoms with van der Waals surface area (Å²) in [5.41, 5.74) is 1.39. The first-order chi connectivity index (χ1) is 16.9. The van der Waals surface area contributed by atoms with Gasteiger partial charge in [0.15, 0.2) is 15.5 Å². The molecule has 1 aromatic heterocycles. The number of hydrogen-bond donors (Lipinski definition) is 0. The first-order valence-electron chi connectivity index (χ1n) is 12.3. The van der Waals surface area contributed by atoms with E-state index in [4.69, 9.17) is 14.6 Å². The van der Waals surface area contributed by atoms with Gasteiger partial charge in [0.1, 0.15) is 10.7 Å². The highest BCUT2D eigenvalue weighted by Gasteiger charge is 2.41. The molecule has 1 aromatic carbocycles. The minimum absolute atomic E-state index is 0.0326. The van der Waals surface area contributed by atoms with E-state index < -0.39 is 21.4 Å². The molecule has 0 N–H and O–H groups in total. The van der Waals surface area contributed by atoms with Crippen molar-refractivity contribution in [2.75, 3.05) is 52.6 Å². The van der Waals surface area contributed by atoms with E-state index in [9.17, 15) is 17.6 Å². The second kappa shape index (κ2) is 8.95. The highest BCUT2D eigenvalue weighted by atomic mass is 32.2. The number of carbonyl (C=O) groups is 1. The van der Waals surface area contributed by atoms with Gasteiger partial charge >= 0.3 is 0 Å². The molecule has 188 valence electrons. The van der Waals surface area contributed by atoms with Crippen LogP contribution in [-0.2, 0) is 25.1 Å². The van der Waals surface area contributed by atoms with Gasteiger partial charge in [-0.3, -0.25) is 14.4 Å². The average molecular weight is 505 g/mol. The summed E-state index contributed by atoms with van der Waals surface area (Å²) in [6.07, 6.45) is 2.79. The zero-order chi connectivity index (χ0) is 24.2. The maximum atomic E-state index is 14.8. The minimum atomic E-state index is -3.96. The van der Waals surface area contributed by atoms with Crippen LogP contribution in [-0.4, -0.2) is 92.6 Å². The van der Waals surface area contributed by atoms with Crippen molar-refractivity contribution < 1.29 is 27.1 Å². The Morgan fingerprint density at radius 2 is 1.74 bits per heavy atom. The van der Waals surface area contributed by atoms with E-state index in [0.29, 0.717) is 49.2 Å². The summed E-state index contributed by atoms with van der Waals surface area (Å²) in [4.78, 5) is 17.3. The second-order valence-electron chi connectivity index (χ2n) is 9.68. The lowest BCUT2D eigenvalue weighted by atomic mass is 10.0. The Balaban J connectivity index is 1.44. The van der Waals surface area contributed by atoms with Crippen molar-refractivity contribution in [3.8, 4) is 11.3 Å². The molecule has 3 fully saturated rings. The number of aromatic nitrogens is 2. The first-order valence-corrected chi connectivity index (χ1v) is 13.9. The van der Waals surface area contributed by atoms with Crippen molar-refractivity contribution in [1.82, 2.24) is 19.6 Å². The molecule has 0 aliphatic carbocycles. The van der Waals surface area contributed by atoms with Gasteiger partial charge in [-0.1, -0.05) is 12.1 Å². The van der Waals surface area contributed by atoms with Gasteiger partial charge in [0, 0.05) is 56.6 Å². The van der Waals surface area contributed by atoms with E-state index in [1.807, 2.05) is 4.68 Å². The van der Waals surface area contributed by atoms with Crippen molar-refractivity contribution in [2.24, 2.45) is 0 Å². The fourth-order valence-electron chi connectivity index (χ4n) is 5.87. The molecule has 0 saturated carbocycles. The van der Waals surface area contributed by atoms with Crippen LogP contribution in [0.15, 0.2) is 23.1 Å². The Morgan fingerprint density at radius 3 is 2.51 bits per heavy atom. The zero-order valence-electron chi connectivity index (χ0n) is 19.5. The molecule has 0 radical (unpaired) electrons. The standard InChI is InChI=1S/C24H29FN4O5S/c25-20-3-1-2-18-22-19(15-35(31,32)23(18)20)21(24(30)27-8-12-34-13-9-27)26-29(22)17-4-7-28(14-17)16-5-10-33-11-6-16/h1-3,16-17H,4-15H2/t17-/m1/s1. The summed E-state index contributed by atoms with van der Waals surface area (Å²) >= 11 is 0. The van der Waals surface area contributed by atoms with Crippen LogP contribution in [0.1, 0.15) is 41.4 Å². The molecule has 5 heterocycles. The third-order valence-electron chi connectivity index (χ3n) is 7.62. The lowest BCUT2D eigenvalue weighted by Gasteiger charge is -2.31. The number of hydrogen-bond acceptors (Lipinski definition) is 7. The minimum Gasteiger partial charge on any atom is -0.381 e. The summed E-state index contributed by atoms with van der Waals surface area (Å²) in [6, 6.07) is 4.72. The molecule has 2 aromatic rings. The summed E-state index contributed by atoms with van der Waals surface area (Å²) in [7, 11) is -3.96. The van der Waals surface area contributed by atoms with Crippen LogP contribution in [0, 0.1) is 5.82 Å². The number of sulfone groups is 1. The van der Waals surface area contributed by atoms with Crippen LogP contribution < -0.4 is 0 Å². The molecule has 1 atom stereocenters. The number of halogens is 1. The van der Waals surface area contributed by atoms with E-state index in [-0.39, 0.29) is 22.5 Å². The van der Waals surface area contributed by atoms with Crippen LogP contribution in [0.3, 0.4) is 0 Å². The van der Waals surface area contributed by atoms with E-state index in [1.54, 1.807) is 11.0 Å². The second-order valence-corrected chi connectivity index (χ2v) is 11.6. The van der Waals surface area contributed by atoms with E-state index in [1.165, 1.54) is 12.1 Å². The van der Waals surface area contributed by atoms with Crippen molar-refractivity contribution in [1.29, 1.82) is 0 Å². The SMILES string of the molecule is O=C(c1nn([C@@H]2CCN(C3CCOCC3)C2)c2c1CS(=O)(=O)c1c(F)cccc1-2)N1CCOCC1. The topological polar surface area (TPSA) is 94.0 Å². The van der Waals surface area contributed by atoms with Crippen molar-refractivity contribution in [3.63, 3.8) is 0 Å². The van der Waals surface area contributed by atoms with Crippen molar-refractivity contribution >= 4 is 15.7 Å². The molecule has 11 heteroatoms. The maximum Gasteiger partial charge on any atom is 0.274 e. The van der Waals surface area contributed by atoms with Gasteiger partial charge in [-0.25, -0.2) is 12.8 Å². The first kappa shape index (κ1) is 23.1. The Morgan fingerprint density at radius 1 is 1.00 bits per heavy atom. The van der Waals surface area contributed by atoms with E-state index >= 15 is 0 Å². The van der Waals surface area contributed by atoms with Gasteiger partial charge < -0.3 is 14.4 Å². The molecule has 4 aliphatic rings. The fourth-order valence-corrected chi connectivity index (χ4v) is 7.53. The van der Waals surface area contributed by atoms with Crippen LogP contribution in [0.2, 0.25) is 0 Å². The molecule has 0 bridgehead atoms. The molecule has 0 spiro atoms. The number of morpholine rings is 1. The Labute approximate surface area is 203 Å². The third-order valence-corrected chi connectivity index (χ3v) is 9.33. The van der Waals surface area contributed by atoms with Crippen LogP contribution in [0.25, 0.3) is 11.3 Å². The molecule has 6 rings (SSSR count). The number of nitrogens with zero attached hydrogens (tertiary/aromatic N) is 4. The number of carbonyl (C=O) groups excluding carboxylic acids is 1. The van der Waals surface area contributed by atoms with Gasteiger partial charge in [-0.15, -0.1) is 0 Å². The lowest BCUT2D eigenvalue weighted by Crippen LogP contribution is -2.41. The number of amides is 1. The lowest BCUT2D eigenvalue weighted by molar-refractivity contribution is 0.0297. The summed E-state index contributed by atoms with van der Waals surface area (Å²) < 4.78 is 53.8. The largest absolute Gasteiger partial charge is 0.381 e. The highest BCUT2D eigenvalue weighted by molar-refractivity contribution is 7.91. The highest BCUT2D eigenvalue weighted by Crippen LogP contribution is 2.43. The average Bonchev–Trinajstić information content (AvgIpc) is 3.49. The Bertz CT molecular complexity index is 1250. The van der Waals surface area contributed by atoms with Gasteiger partial charge in [0.2, 0.25) is 0 Å². The number of rotatable bonds is 3. The predicted octanol–water partition coefficient (Wildman–Crippen LogP) is 1.87. The Kier molecular flexibility index (Phi) is 5.90. The summed E-state index contributed by atoms with van der Waals surface area (Å²) in [5, 5.41) is 4.77. The number of ether oxygens (including phenoxy) is 2. The molecule has 35 heavy (non-hydrogen) atoms. The number of likely N-dealkylation sites (tertiary alicyclic amines) is 1. The van der Waals surface area contributed by atoms with Crippen molar-refractivity contribution in [3.05, 3.63) is 35.3 Å². The molecule has 3 saturated heterocycles. The molecular weight excluding hydrogens is 475 g/mol. The van der Waals surface area contributed by atoms with E-state index in [2.05, 4.69) is 4.90 Å². The summed E-state index contributed by atoms with van der Waals surface area (Å²) in [6.45, 7) is 4.88. The van der Waals surface area contributed by atoms with Crippen LogP contribution in [0.5, 0.6) is 0 Å². The fraction of sp³-hybridized carbons (Fsp3) is 0.583. The number of fused-ring (bicyclic) bond motifs is 3. The Hall–Kier alpha value is -2.34. The smallest absolute Gasteiger partial charge is 0.274 e. The van der Waals surface area contributed by atoms with Gasteiger partial charge in [-0.05, 0) is 25.3 Å². The van der Waals surface area contributed by atoms with Crippen molar-refractivity contribution in [2.45, 2.75) is 42.0 Å². The molecule has 1 amide bonds. The van der Waals surface area contributed by atoms with Crippen LogP contribution >= 0.6 is 0 Å². The molecular formula is C24H29FN4O5S. The van der Waals surface area contributed by atoms with E-state index in [0.717, 1.165) is 45.6 Å².